The highest BCUT2D eigenvalue weighted by Gasteiger charge is 2.22. The number of aromatic nitrogens is 1. The van der Waals surface area contributed by atoms with Gasteiger partial charge in [0.2, 0.25) is 11.8 Å². The molecule has 1 unspecified atom stereocenters. The lowest BCUT2D eigenvalue weighted by Gasteiger charge is -2.19. The molecule has 0 saturated heterocycles. The second-order valence-corrected chi connectivity index (χ2v) is 6.52. The Balaban J connectivity index is 1.71. The minimum atomic E-state index is -0.603. The lowest BCUT2D eigenvalue weighted by Crippen LogP contribution is -2.31. The summed E-state index contributed by atoms with van der Waals surface area (Å²) in [5, 5.41) is 3.29. The van der Waals surface area contributed by atoms with Crippen LogP contribution in [0.3, 0.4) is 0 Å². The number of carbonyl (C=O) groups is 2. The van der Waals surface area contributed by atoms with Crippen LogP contribution in [0.25, 0.3) is 11.5 Å². The van der Waals surface area contributed by atoms with Crippen molar-refractivity contribution in [1.29, 1.82) is 0 Å². The van der Waals surface area contributed by atoms with Gasteiger partial charge in [-0.3, -0.25) is 9.59 Å². The highest BCUT2D eigenvalue weighted by Crippen LogP contribution is 2.26. The third-order valence-corrected chi connectivity index (χ3v) is 4.47. The number of ether oxygens (including phenoxy) is 1. The molecule has 0 bridgehead atoms. The number of nitrogens with one attached hydrogen (secondary N) is 1. The summed E-state index contributed by atoms with van der Waals surface area (Å²) in [5.74, 6) is -0.305. The molecule has 6 nitrogen and oxygen atoms in total. The van der Waals surface area contributed by atoms with E-state index in [1.54, 1.807) is 24.3 Å². The number of rotatable bonds is 7. The van der Waals surface area contributed by atoms with Crippen LogP contribution in [0.5, 0.6) is 0 Å². The Labute approximate surface area is 167 Å². The minimum Gasteiger partial charge on any atom is -0.469 e. The number of oxazole rings is 1. The molecule has 1 aromatic heterocycles. The monoisotopic (exact) mass is 398 g/mol. The van der Waals surface area contributed by atoms with Crippen molar-refractivity contribution in [1.82, 2.24) is 10.3 Å². The maximum Gasteiger partial charge on any atom is 0.307 e. The van der Waals surface area contributed by atoms with Crippen LogP contribution in [0.1, 0.15) is 23.7 Å². The summed E-state index contributed by atoms with van der Waals surface area (Å²) in [6.07, 6.45) is 1.44. The third-order valence-electron chi connectivity index (χ3n) is 4.13. The minimum absolute atomic E-state index is 0.0124. The van der Waals surface area contributed by atoms with Gasteiger partial charge in [0.25, 0.3) is 0 Å². The van der Waals surface area contributed by atoms with Crippen molar-refractivity contribution in [2.24, 2.45) is 0 Å². The second kappa shape index (κ2) is 9.19. The van der Waals surface area contributed by atoms with E-state index in [0.717, 1.165) is 5.56 Å². The number of methoxy groups -OCH3 is 1. The molecule has 3 rings (SSSR count). The molecule has 0 aliphatic heterocycles. The average molecular weight is 399 g/mol. The number of nitrogens with zero attached hydrogens (tertiary/aromatic N) is 1. The normalized spacial score (nSPS) is 11.6. The fraction of sp³-hybridized carbons (Fsp3) is 0.190. The Bertz CT molecular complexity index is 956. The standard InChI is InChI=1S/C21H19ClN2O4/c1-27-20(26)12-18(16-9-5-6-10-17(16)22)24-19(25)11-15-13-28-21(23-15)14-7-3-2-4-8-14/h2-10,13,18H,11-12H2,1H3,(H,24,25). The number of amides is 1. The molecule has 0 aliphatic carbocycles. The Morgan fingerprint density at radius 3 is 2.57 bits per heavy atom. The molecule has 0 radical (unpaired) electrons. The van der Waals surface area contributed by atoms with Gasteiger partial charge in [-0.15, -0.1) is 0 Å². The predicted octanol–water partition coefficient (Wildman–Crippen LogP) is 3.96. The number of carbonyl (C=O) groups excluding carboxylic acids is 2. The van der Waals surface area contributed by atoms with Gasteiger partial charge in [0.05, 0.1) is 31.7 Å². The van der Waals surface area contributed by atoms with Crippen molar-refractivity contribution < 1.29 is 18.7 Å². The summed E-state index contributed by atoms with van der Waals surface area (Å²) in [4.78, 5) is 28.6. The fourth-order valence-corrected chi connectivity index (χ4v) is 3.03. The van der Waals surface area contributed by atoms with Crippen LogP contribution in [0.2, 0.25) is 5.02 Å². The summed E-state index contributed by atoms with van der Waals surface area (Å²) in [5.41, 5.74) is 1.97. The molecule has 0 saturated carbocycles. The molecule has 1 N–H and O–H groups in total. The van der Waals surface area contributed by atoms with E-state index in [2.05, 4.69) is 10.3 Å². The molecule has 1 atom stereocenters. The summed E-state index contributed by atoms with van der Waals surface area (Å²) in [6, 6.07) is 15.9. The van der Waals surface area contributed by atoms with E-state index in [-0.39, 0.29) is 18.7 Å². The molecule has 144 valence electrons. The fourth-order valence-electron chi connectivity index (χ4n) is 2.76. The molecule has 1 amide bonds. The number of hydrogen-bond donors (Lipinski definition) is 1. The van der Waals surface area contributed by atoms with E-state index in [9.17, 15) is 9.59 Å². The van der Waals surface area contributed by atoms with Crippen LogP contribution in [-0.4, -0.2) is 24.0 Å². The lowest BCUT2D eigenvalue weighted by molar-refractivity contribution is -0.141. The maximum atomic E-state index is 12.5. The zero-order valence-electron chi connectivity index (χ0n) is 15.2. The molecule has 0 spiro atoms. The van der Waals surface area contributed by atoms with Gasteiger partial charge in [0, 0.05) is 10.6 Å². The molecule has 28 heavy (non-hydrogen) atoms. The van der Waals surface area contributed by atoms with Crippen molar-refractivity contribution in [3.8, 4) is 11.5 Å². The van der Waals surface area contributed by atoms with Gasteiger partial charge in [-0.05, 0) is 23.8 Å². The summed E-state index contributed by atoms with van der Waals surface area (Å²) < 4.78 is 10.2. The second-order valence-electron chi connectivity index (χ2n) is 6.11. The average Bonchev–Trinajstić information content (AvgIpc) is 3.16. The van der Waals surface area contributed by atoms with Gasteiger partial charge >= 0.3 is 5.97 Å². The molecule has 0 aliphatic rings. The van der Waals surface area contributed by atoms with Crippen molar-refractivity contribution in [2.45, 2.75) is 18.9 Å². The first kappa shape index (κ1) is 19.6. The molecular weight excluding hydrogens is 380 g/mol. The predicted molar refractivity (Wildman–Crippen MR) is 105 cm³/mol. The van der Waals surface area contributed by atoms with Crippen molar-refractivity contribution in [2.75, 3.05) is 7.11 Å². The first-order valence-electron chi connectivity index (χ1n) is 8.67. The van der Waals surface area contributed by atoms with Crippen LogP contribution in [0.4, 0.5) is 0 Å². The summed E-state index contributed by atoms with van der Waals surface area (Å²) >= 11 is 6.23. The van der Waals surface area contributed by atoms with Crippen LogP contribution in [-0.2, 0) is 20.7 Å². The summed E-state index contributed by atoms with van der Waals surface area (Å²) in [6.45, 7) is 0. The quantitative estimate of drug-likeness (QED) is 0.609. The Morgan fingerprint density at radius 1 is 1.14 bits per heavy atom. The van der Waals surface area contributed by atoms with Crippen LogP contribution in [0, 0.1) is 0 Å². The van der Waals surface area contributed by atoms with Gasteiger partial charge in [0.15, 0.2) is 0 Å². The number of esters is 1. The molecule has 2 aromatic carbocycles. The number of hydrogen-bond acceptors (Lipinski definition) is 5. The van der Waals surface area contributed by atoms with E-state index in [4.69, 9.17) is 20.8 Å². The van der Waals surface area contributed by atoms with Gasteiger partial charge in [-0.2, -0.15) is 0 Å². The molecule has 7 heteroatoms. The zero-order chi connectivity index (χ0) is 19.9. The van der Waals surface area contributed by atoms with E-state index in [1.807, 2.05) is 30.3 Å². The molecule has 1 heterocycles. The van der Waals surface area contributed by atoms with Crippen molar-refractivity contribution in [3.05, 3.63) is 77.1 Å². The first-order chi connectivity index (χ1) is 13.6. The van der Waals surface area contributed by atoms with Gasteiger partial charge < -0.3 is 14.5 Å². The molecule has 3 aromatic rings. The highest BCUT2D eigenvalue weighted by molar-refractivity contribution is 6.31. The Morgan fingerprint density at radius 2 is 1.86 bits per heavy atom. The van der Waals surface area contributed by atoms with E-state index in [0.29, 0.717) is 22.2 Å². The summed E-state index contributed by atoms with van der Waals surface area (Å²) in [7, 11) is 1.30. The van der Waals surface area contributed by atoms with E-state index in [1.165, 1.54) is 13.4 Å². The topological polar surface area (TPSA) is 81.4 Å². The van der Waals surface area contributed by atoms with E-state index < -0.39 is 12.0 Å². The largest absolute Gasteiger partial charge is 0.469 e. The highest BCUT2D eigenvalue weighted by atomic mass is 35.5. The van der Waals surface area contributed by atoms with Crippen LogP contribution < -0.4 is 5.32 Å². The van der Waals surface area contributed by atoms with Gasteiger partial charge in [-0.1, -0.05) is 48.0 Å². The van der Waals surface area contributed by atoms with Crippen LogP contribution >= 0.6 is 11.6 Å². The van der Waals surface area contributed by atoms with Crippen molar-refractivity contribution in [3.63, 3.8) is 0 Å². The Hall–Kier alpha value is -3.12. The van der Waals surface area contributed by atoms with E-state index >= 15 is 0 Å². The smallest absolute Gasteiger partial charge is 0.307 e. The number of benzene rings is 2. The van der Waals surface area contributed by atoms with Gasteiger partial charge in [0.1, 0.15) is 6.26 Å². The zero-order valence-corrected chi connectivity index (χ0v) is 16.0. The maximum absolute atomic E-state index is 12.5. The van der Waals surface area contributed by atoms with Crippen molar-refractivity contribution >= 4 is 23.5 Å². The lowest BCUT2D eigenvalue weighted by atomic mass is 10.0. The first-order valence-corrected chi connectivity index (χ1v) is 9.05. The molecular formula is C21H19ClN2O4. The van der Waals surface area contributed by atoms with Gasteiger partial charge in [-0.25, -0.2) is 4.98 Å². The van der Waals surface area contributed by atoms with Crippen LogP contribution in [0.15, 0.2) is 65.3 Å². The Kier molecular flexibility index (Phi) is 6.45. The SMILES string of the molecule is COC(=O)CC(NC(=O)Cc1coc(-c2ccccc2)n1)c1ccccc1Cl. The molecule has 0 fully saturated rings. The third kappa shape index (κ3) is 4.98. The number of halogens is 1.